The molecule has 48 valence electrons. The highest BCUT2D eigenvalue weighted by Crippen LogP contribution is 1.98. The van der Waals surface area contributed by atoms with Crippen molar-refractivity contribution in [2.45, 2.75) is 13.3 Å². The fraction of sp³-hybridized carbons (Fsp3) is 0.800. The highest BCUT2D eigenvalue weighted by Gasteiger charge is 1.79. The zero-order valence-corrected chi connectivity index (χ0v) is 5.95. The van der Waals surface area contributed by atoms with Crippen LogP contribution in [0.3, 0.4) is 0 Å². The van der Waals surface area contributed by atoms with Gasteiger partial charge < -0.3 is 5.84 Å². The van der Waals surface area contributed by atoms with Gasteiger partial charge in [0.2, 0.25) is 0 Å². The van der Waals surface area contributed by atoms with E-state index in [2.05, 4.69) is 12.0 Å². The summed E-state index contributed by atoms with van der Waals surface area (Å²) < 4.78 is 0. The van der Waals surface area contributed by atoms with Crippen molar-refractivity contribution in [3.8, 4) is 0 Å². The van der Waals surface area contributed by atoms with Gasteiger partial charge in [0.1, 0.15) is 0 Å². The second kappa shape index (κ2) is 6.82. The molecule has 0 atom stereocenters. The van der Waals surface area contributed by atoms with Gasteiger partial charge in [-0.3, -0.25) is 0 Å². The second-order valence-corrected chi connectivity index (χ2v) is 2.71. The summed E-state index contributed by atoms with van der Waals surface area (Å²) in [5.74, 6) is 7.19. The fourth-order valence-electron chi connectivity index (χ4n) is 0.355. The molecule has 2 nitrogen and oxygen atoms in total. The highest BCUT2D eigenvalue weighted by atomic mass is 32.2. The summed E-state index contributed by atoms with van der Waals surface area (Å²) in [7, 11) is 0. The Kier molecular flexibility index (Phi) is 6.67. The van der Waals surface area contributed by atoms with Gasteiger partial charge in [-0.2, -0.15) is 16.9 Å². The van der Waals surface area contributed by atoms with E-state index in [0.29, 0.717) is 0 Å². The molecule has 0 saturated heterocycles. The first-order valence-corrected chi connectivity index (χ1v) is 3.86. The van der Waals surface area contributed by atoms with Gasteiger partial charge in [0, 0.05) is 6.21 Å². The number of hydrazone groups is 1. The lowest BCUT2D eigenvalue weighted by Crippen LogP contribution is -1.85. The summed E-state index contributed by atoms with van der Waals surface area (Å²) in [4.78, 5) is 0. The lowest BCUT2D eigenvalue weighted by Gasteiger charge is -1.88. The van der Waals surface area contributed by atoms with E-state index in [1.54, 1.807) is 6.21 Å². The van der Waals surface area contributed by atoms with E-state index in [9.17, 15) is 0 Å². The van der Waals surface area contributed by atoms with Crippen LogP contribution in [0.25, 0.3) is 0 Å². The van der Waals surface area contributed by atoms with Crippen molar-refractivity contribution < 1.29 is 0 Å². The first kappa shape index (κ1) is 7.82. The predicted octanol–water partition coefficient (Wildman–Crippen LogP) is 1.07. The van der Waals surface area contributed by atoms with Gasteiger partial charge >= 0.3 is 0 Å². The van der Waals surface area contributed by atoms with Gasteiger partial charge in [-0.15, -0.1) is 0 Å². The van der Waals surface area contributed by atoms with Crippen LogP contribution in [0, 0.1) is 0 Å². The smallest absolute Gasteiger partial charge is 0.0248 e. The molecule has 8 heavy (non-hydrogen) atoms. The molecule has 0 aliphatic heterocycles. The van der Waals surface area contributed by atoms with Crippen LogP contribution in [-0.4, -0.2) is 17.7 Å². The molecule has 0 aliphatic carbocycles. The molecule has 0 saturated carbocycles. The number of hydrogen-bond donors (Lipinski definition) is 1. The van der Waals surface area contributed by atoms with Crippen molar-refractivity contribution in [1.29, 1.82) is 0 Å². The maximum Gasteiger partial charge on any atom is 0.0248 e. The molecular weight excluding hydrogens is 120 g/mol. The number of nitrogens with two attached hydrogens (primary N) is 1. The third-order valence-corrected chi connectivity index (χ3v) is 1.63. The van der Waals surface area contributed by atoms with Crippen molar-refractivity contribution in [3.63, 3.8) is 0 Å². The number of nitrogens with zero attached hydrogens (tertiary/aromatic N) is 1. The molecule has 0 heterocycles. The highest BCUT2D eigenvalue weighted by molar-refractivity contribution is 7.99. The SMILES string of the molecule is CCSCC/C=N/N. The molecular formula is C5H12N2S. The van der Waals surface area contributed by atoms with Crippen molar-refractivity contribution in [2.75, 3.05) is 11.5 Å². The summed E-state index contributed by atoms with van der Waals surface area (Å²) in [6, 6.07) is 0. The minimum absolute atomic E-state index is 0.995. The normalized spacial score (nSPS) is 10.6. The van der Waals surface area contributed by atoms with Crippen molar-refractivity contribution in [2.24, 2.45) is 10.9 Å². The monoisotopic (exact) mass is 132 g/mol. The summed E-state index contributed by atoms with van der Waals surface area (Å²) in [5, 5.41) is 3.37. The zero-order chi connectivity index (χ0) is 6.24. The Balaban J connectivity index is 2.72. The molecule has 0 bridgehead atoms. The fourth-order valence-corrected chi connectivity index (χ4v) is 0.916. The van der Waals surface area contributed by atoms with Gasteiger partial charge in [0.05, 0.1) is 0 Å². The van der Waals surface area contributed by atoms with Crippen LogP contribution in [0.4, 0.5) is 0 Å². The van der Waals surface area contributed by atoms with E-state index in [-0.39, 0.29) is 0 Å². The molecule has 2 N–H and O–H groups in total. The molecule has 0 radical (unpaired) electrons. The van der Waals surface area contributed by atoms with Crippen LogP contribution in [0.1, 0.15) is 13.3 Å². The van der Waals surface area contributed by atoms with Crippen LogP contribution in [0.5, 0.6) is 0 Å². The molecule has 0 aromatic rings. The Morgan fingerprint density at radius 2 is 2.50 bits per heavy atom. The minimum atomic E-state index is 0.995. The maximum absolute atomic E-state index is 4.87. The Bertz CT molecular complexity index is 63.4. The summed E-state index contributed by atoms with van der Waals surface area (Å²) in [6.45, 7) is 2.14. The molecule has 3 heteroatoms. The summed E-state index contributed by atoms with van der Waals surface area (Å²) >= 11 is 1.90. The third kappa shape index (κ3) is 5.82. The van der Waals surface area contributed by atoms with E-state index in [4.69, 9.17) is 5.84 Å². The minimum Gasteiger partial charge on any atom is -0.324 e. The molecule has 0 spiro atoms. The molecule has 0 unspecified atom stereocenters. The first-order valence-electron chi connectivity index (χ1n) is 2.71. The molecule has 0 rings (SSSR count). The van der Waals surface area contributed by atoms with Crippen LogP contribution in [0.15, 0.2) is 5.10 Å². The quantitative estimate of drug-likeness (QED) is 0.269. The molecule has 0 aromatic heterocycles. The Morgan fingerprint density at radius 3 is 3.00 bits per heavy atom. The standard InChI is InChI=1S/C5H12N2S/c1-2-8-5-3-4-7-6/h4H,2-3,5-6H2,1H3/b7-4+. The average molecular weight is 132 g/mol. The average Bonchev–Trinajstić information content (AvgIpc) is 1.81. The number of thioether (sulfide) groups is 1. The summed E-state index contributed by atoms with van der Waals surface area (Å²) in [6.07, 6.45) is 2.73. The van der Waals surface area contributed by atoms with E-state index >= 15 is 0 Å². The van der Waals surface area contributed by atoms with Gasteiger partial charge in [-0.25, -0.2) is 0 Å². The first-order chi connectivity index (χ1) is 3.91. The predicted molar refractivity (Wildman–Crippen MR) is 40.3 cm³/mol. The van der Waals surface area contributed by atoms with Crippen LogP contribution in [-0.2, 0) is 0 Å². The third-order valence-electron chi connectivity index (χ3n) is 0.701. The van der Waals surface area contributed by atoms with E-state index in [1.807, 2.05) is 11.8 Å². The van der Waals surface area contributed by atoms with Crippen LogP contribution < -0.4 is 5.84 Å². The lowest BCUT2D eigenvalue weighted by molar-refractivity contribution is 1.22. The molecule has 0 fully saturated rings. The zero-order valence-electron chi connectivity index (χ0n) is 5.13. The number of hydrogen-bond acceptors (Lipinski definition) is 3. The van der Waals surface area contributed by atoms with E-state index < -0.39 is 0 Å². The Labute approximate surface area is 54.5 Å². The topological polar surface area (TPSA) is 38.4 Å². The van der Waals surface area contributed by atoms with Gasteiger partial charge in [-0.05, 0) is 17.9 Å². The second-order valence-electron chi connectivity index (χ2n) is 1.32. The number of rotatable bonds is 4. The van der Waals surface area contributed by atoms with Crippen molar-refractivity contribution >= 4 is 18.0 Å². The van der Waals surface area contributed by atoms with E-state index in [0.717, 1.165) is 12.2 Å². The van der Waals surface area contributed by atoms with Crippen molar-refractivity contribution in [1.82, 2.24) is 0 Å². The summed E-state index contributed by atoms with van der Waals surface area (Å²) in [5.41, 5.74) is 0. The largest absolute Gasteiger partial charge is 0.324 e. The van der Waals surface area contributed by atoms with Gasteiger partial charge in [0.15, 0.2) is 0 Å². The molecule has 0 aromatic carbocycles. The molecule has 0 amide bonds. The Morgan fingerprint density at radius 1 is 1.75 bits per heavy atom. The van der Waals surface area contributed by atoms with Crippen LogP contribution in [0.2, 0.25) is 0 Å². The molecule has 0 aliphatic rings. The Hall–Kier alpha value is -0.180. The van der Waals surface area contributed by atoms with Gasteiger partial charge in [-0.1, -0.05) is 6.92 Å². The van der Waals surface area contributed by atoms with E-state index in [1.165, 1.54) is 5.75 Å². The van der Waals surface area contributed by atoms with Crippen LogP contribution >= 0.6 is 11.8 Å². The van der Waals surface area contributed by atoms with Gasteiger partial charge in [0.25, 0.3) is 0 Å². The van der Waals surface area contributed by atoms with Crippen molar-refractivity contribution in [3.05, 3.63) is 0 Å². The lowest BCUT2D eigenvalue weighted by atomic mass is 10.5. The maximum atomic E-state index is 4.87.